The fourth-order valence-electron chi connectivity index (χ4n) is 2.18. The minimum absolute atomic E-state index is 0.193. The molecular weight excluding hydrogens is 342 g/mol. The van der Waals surface area contributed by atoms with Gasteiger partial charge in [0.15, 0.2) is 0 Å². The zero-order valence-corrected chi connectivity index (χ0v) is 13.0. The Labute approximate surface area is 130 Å². The van der Waals surface area contributed by atoms with E-state index in [2.05, 4.69) is 15.9 Å². The highest BCUT2D eigenvalue weighted by Gasteiger charge is 2.10. The highest BCUT2D eigenvalue weighted by molar-refractivity contribution is 9.10. The normalized spacial score (nSPS) is 12.2. The molecule has 1 unspecified atom stereocenters. The maximum absolute atomic E-state index is 13.1. The van der Waals surface area contributed by atoms with E-state index in [9.17, 15) is 13.9 Å². The number of rotatable bonds is 5. The van der Waals surface area contributed by atoms with Crippen LogP contribution in [0.25, 0.3) is 0 Å². The summed E-state index contributed by atoms with van der Waals surface area (Å²) in [6.45, 7) is 0. The molecule has 0 radical (unpaired) electrons. The molecule has 1 N–H and O–H groups in total. The number of aliphatic hydroxyl groups is 1. The fourth-order valence-corrected chi connectivity index (χ4v) is 2.77. The molecule has 2 aromatic carbocycles. The molecule has 0 aliphatic rings. The Bertz CT molecular complexity index is 611. The van der Waals surface area contributed by atoms with E-state index < -0.39 is 17.7 Å². The minimum atomic E-state index is -0.716. The van der Waals surface area contributed by atoms with E-state index in [-0.39, 0.29) is 6.42 Å². The standard InChI is InChI=1S/C16H15BrF2O2/c1-21-16-3-2-10(8-15(16)17)6-14(20)7-11-4-12(18)9-13(19)5-11/h2-5,8-9,14,20H,6-7H2,1H3. The first-order valence-electron chi connectivity index (χ1n) is 6.43. The summed E-state index contributed by atoms with van der Waals surface area (Å²) in [5.41, 5.74) is 1.35. The van der Waals surface area contributed by atoms with Gasteiger partial charge in [-0.05, 0) is 64.2 Å². The van der Waals surface area contributed by atoms with Crippen LogP contribution in [0.2, 0.25) is 0 Å². The van der Waals surface area contributed by atoms with Gasteiger partial charge >= 0.3 is 0 Å². The summed E-state index contributed by atoms with van der Waals surface area (Å²) < 4.78 is 32.1. The van der Waals surface area contributed by atoms with Crippen molar-refractivity contribution in [3.63, 3.8) is 0 Å². The number of halogens is 3. The second-order valence-electron chi connectivity index (χ2n) is 4.81. The molecule has 2 aromatic rings. The molecule has 1 atom stereocenters. The van der Waals surface area contributed by atoms with Crippen LogP contribution in [0, 0.1) is 11.6 Å². The van der Waals surface area contributed by atoms with Gasteiger partial charge in [0.05, 0.1) is 17.7 Å². The van der Waals surface area contributed by atoms with Crippen LogP contribution in [0.15, 0.2) is 40.9 Å². The Morgan fingerprint density at radius 3 is 2.24 bits per heavy atom. The Balaban J connectivity index is 2.04. The number of benzene rings is 2. The third-order valence-electron chi connectivity index (χ3n) is 3.08. The Morgan fingerprint density at radius 2 is 1.67 bits per heavy atom. The van der Waals surface area contributed by atoms with Gasteiger partial charge in [-0.3, -0.25) is 0 Å². The molecule has 112 valence electrons. The Kier molecular flexibility index (Phi) is 5.31. The topological polar surface area (TPSA) is 29.5 Å². The van der Waals surface area contributed by atoms with Gasteiger partial charge in [-0.25, -0.2) is 8.78 Å². The Hall–Kier alpha value is -1.46. The molecule has 0 saturated carbocycles. The maximum Gasteiger partial charge on any atom is 0.133 e. The quantitative estimate of drug-likeness (QED) is 0.880. The van der Waals surface area contributed by atoms with E-state index in [0.29, 0.717) is 17.7 Å². The van der Waals surface area contributed by atoms with Gasteiger partial charge in [0, 0.05) is 6.07 Å². The van der Waals surface area contributed by atoms with E-state index in [1.54, 1.807) is 13.2 Å². The van der Waals surface area contributed by atoms with E-state index in [1.165, 1.54) is 12.1 Å². The van der Waals surface area contributed by atoms with Crippen LogP contribution in [-0.2, 0) is 12.8 Å². The number of methoxy groups -OCH3 is 1. The molecule has 5 heteroatoms. The summed E-state index contributed by atoms with van der Waals surface area (Å²) in [6.07, 6.45) is -0.134. The molecule has 0 bridgehead atoms. The summed E-state index contributed by atoms with van der Waals surface area (Å²) >= 11 is 3.38. The van der Waals surface area contributed by atoms with Crippen molar-refractivity contribution >= 4 is 15.9 Å². The third kappa shape index (κ3) is 4.51. The molecule has 0 fully saturated rings. The van der Waals surface area contributed by atoms with E-state index in [4.69, 9.17) is 4.74 Å². The number of hydrogen-bond donors (Lipinski definition) is 1. The van der Waals surface area contributed by atoms with Crippen LogP contribution in [-0.4, -0.2) is 18.3 Å². The lowest BCUT2D eigenvalue weighted by Gasteiger charge is -2.12. The van der Waals surface area contributed by atoms with Crippen molar-refractivity contribution in [2.24, 2.45) is 0 Å². The summed E-state index contributed by atoms with van der Waals surface area (Å²) in [5, 5.41) is 10.1. The molecule has 2 rings (SSSR count). The SMILES string of the molecule is COc1ccc(CC(O)Cc2cc(F)cc(F)c2)cc1Br. The maximum atomic E-state index is 13.1. The summed E-state index contributed by atoms with van der Waals surface area (Å²) in [5.74, 6) is -0.561. The molecule has 21 heavy (non-hydrogen) atoms. The van der Waals surface area contributed by atoms with Crippen molar-refractivity contribution < 1.29 is 18.6 Å². The van der Waals surface area contributed by atoms with Crippen LogP contribution < -0.4 is 4.74 Å². The third-order valence-corrected chi connectivity index (χ3v) is 3.70. The predicted molar refractivity (Wildman–Crippen MR) is 80.5 cm³/mol. The van der Waals surface area contributed by atoms with Crippen LogP contribution in [0.5, 0.6) is 5.75 Å². The predicted octanol–water partition coefficient (Wildman–Crippen LogP) is 3.88. The van der Waals surface area contributed by atoms with Gasteiger partial charge < -0.3 is 9.84 Å². The highest BCUT2D eigenvalue weighted by Crippen LogP contribution is 2.26. The van der Waals surface area contributed by atoms with E-state index in [0.717, 1.165) is 16.1 Å². The Morgan fingerprint density at radius 1 is 1.05 bits per heavy atom. The second kappa shape index (κ2) is 7.00. The fraction of sp³-hybridized carbons (Fsp3) is 0.250. The molecule has 0 spiro atoms. The van der Waals surface area contributed by atoms with Crippen LogP contribution >= 0.6 is 15.9 Å². The van der Waals surface area contributed by atoms with Crippen molar-refractivity contribution in [3.8, 4) is 5.75 Å². The van der Waals surface area contributed by atoms with Gasteiger partial charge in [0.1, 0.15) is 17.4 Å². The van der Waals surface area contributed by atoms with Crippen LogP contribution in [0.4, 0.5) is 8.78 Å². The number of hydrogen-bond acceptors (Lipinski definition) is 2. The summed E-state index contributed by atoms with van der Waals surface area (Å²) in [6, 6.07) is 8.78. The van der Waals surface area contributed by atoms with Gasteiger partial charge in [0.25, 0.3) is 0 Å². The first-order valence-corrected chi connectivity index (χ1v) is 7.22. The molecule has 0 aliphatic heterocycles. The van der Waals surface area contributed by atoms with Crippen molar-refractivity contribution in [3.05, 3.63) is 63.6 Å². The molecular formula is C16H15BrF2O2. The van der Waals surface area contributed by atoms with Crippen molar-refractivity contribution in [1.29, 1.82) is 0 Å². The van der Waals surface area contributed by atoms with Gasteiger partial charge in [-0.15, -0.1) is 0 Å². The average molecular weight is 357 g/mol. The van der Waals surface area contributed by atoms with Gasteiger partial charge in [0.2, 0.25) is 0 Å². The largest absolute Gasteiger partial charge is 0.496 e. The van der Waals surface area contributed by atoms with Gasteiger partial charge in [-0.2, -0.15) is 0 Å². The van der Waals surface area contributed by atoms with Gasteiger partial charge in [-0.1, -0.05) is 6.07 Å². The molecule has 0 aromatic heterocycles. The minimum Gasteiger partial charge on any atom is -0.496 e. The highest BCUT2D eigenvalue weighted by atomic mass is 79.9. The molecule has 0 amide bonds. The van der Waals surface area contributed by atoms with E-state index in [1.807, 2.05) is 12.1 Å². The average Bonchev–Trinajstić information content (AvgIpc) is 2.37. The molecule has 0 saturated heterocycles. The lowest BCUT2D eigenvalue weighted by molar-refractivity contribution is 0.175. The lowest BCUT2D eigenvalue weighted by Crippen LogP contribution is -2.14. The number of ether oxygens (including phenoxy) is 1. The van der Waals surface area contributed by atoms with Crippen LogP contribution in [0.3, 0.4) is 0 Å². The van der Waals surface area contributed by atoms with Crippen molar-refractivity contribution in [1.82, 2.24) is 0 Å². The molecule has 2 nitrogen and oxygen atoms in total. The number of aliphatic hydroxyl groups excluding tert-OH is 1. The van der Waals surface area contributed by atoms with Crippen molar-refractivity contribution in [2.75, 3.05) is 7.11 Å². The monoisotopic (exact) mass is 356 g/mol. The second-order valence-corrected chi connectivity index (χ2v) is 5.66. The zero-order valence-electron chi connectivity index (χ0n) is 11.4. The lowest BCUT2D eigenvalue weighted by atomic mass is 10.0. The van der Waals surface area contributed by atoms with Crippen LogP contribution in [0.1, 0.15) is 11.1 Å². The molecule has 0 heterocycles. The molecule has 0 aliphatic carbocycles. The summed E-state index contributed by atoms with van der Waals surface area (Å²) in [7, 11) is 1.58. The smallest absolute Gasteiger partial charge is 0.133 e. The zero-order chi connectivity index (χ0) is 15.4. The van der Waals surface area contributed by atoms with Crippen molar-refractivity contribution in [2.45, 2.75) is 18.9 Å². The first kappa shape index (κ1) is 15.9. The first-order chi connectivity index (χ1) is 9.97. The van der Waals surface area contributed by atoms with E-state index >= 15 is 0 Å². The summed E-state index contributed by atoms with van der Waals surface area (Å²) in [4.78, 5) is 0.